The molecule has 3 N–H and O–H groups in total. The van der Waals surface area contributed by atoms with Crippen LogP contribution in [0, 0.1) is 13.8 Å². The molecule has 3 aromatic carbocycles. The number of aryl methyl sites for hydroxylation is 2. The number of aromatic nitrogens is 1. The lowest BCUT2D eigenvalue weighted by Crippen LogP contribution is -2.34. The molecule has 4 rings (SSSR count). The van der Waals surface area contributed by atoms with Crippen LogP contribution in [0.25, 0.3) is 10.8 Å². The normalized spacial score (nSPS) is 10.9. The maximum Gasteiger partial charge on any atom is 0.319 e. The quantitative estimate of drug-likeness (QED) is 0.306. The van der Waals surface area contributed by atoms with Crippen LogP contribution in [-0.2, 0) is 13.2 Å². The average Bonchev–Trinajstić information content (AvgIpc) is 3.17. The van der Waals surface area contributed by atoms with Crippen LogP contribution in [0.1, 0.15) is 46.8 Å². The Hall–Kier alpha value is -4.33. The lowest BCUT2D eigenvalue weighted by atomic mass is 10.0. The summed E-state index contributed by atoms with van der Waals surface area (Å²) in [4.78, 5) is 25.1. The molecular weight excluding hydrogens is 456 g/mol. The summed E-state index contributed by atoms with van der Waals surface area (Å²) in [6.07, 6.45) is 0. The molecular formula is C28H30N4O4. The summed E-state index contributed by atoms with van der Waals surface area (Å²) in [5.41, 5.74) is 3.65. The number of hydrogen-bond donors (Lipinski definition) is 3. The molecule has 0 saturated carbocycles. The van der Waals surface area contributed by atoms with Gasteiger partial charge in [-0.25, -0.2) is 4.79 Å². The number of amides is 3. The van der Waals surface area contributed by atoms with E-state index in [1.165, 1.54) is 0 Å². The van der Waals surface area contributed by atoms with Gasteiger partial charge in [-0.1, -0.05) is 41.6 Å². The monoisotopic (exact) mass is 486 g/mol. The Morgan fingerprint density at radius 3 is 2.33 bits per heavy atom. The van der Waals surface area contributed by atoms with E-state index < -0.39 is 0 Å². The van der Waals surface area contributed by atoms with Crippen LogP contribution in [0.3, 0.4) is 0 Å². The molecule has 8 nitrogen and oxygen atoms in total. The third-order valence-electron chi connectivity index (χ3n) is 5.73. The molecule has 0 unspecified atom stereocenters. The van der Waals surface area contributed by atoms with Gasteiger partial charge in [0.15, 0.2) is 0 Å². The molecule has 0 bridgehead atoms. The van der Waals surface area contributed by atoms with E-state index in [0.29, 0.717) is 29.3 Å². The molecule has 0 aliphatic rings. The lowest BCUT2D eigenvalue weighted by molar-refractivity contribution is 0.0946. The Bertz CT molecular complexity index is 1360. The maximum absolute atomic E-state index is 13.2. The molecule has 0 atom stereocenters. The Morgan fingerprint density at radius 2 is 1.69 bits per heavy atom. The van der Waals surface area contributed by atoms with E-state index in [1.807, 2.05) is 76.2 Å². The number of hydrogen-bond acceptors (Lipinski definition) is 5. The third-order valence-corrected chi connectivity index (χ3v) is 5.73. The highest BCUT2D eigenvalue weighted by Crippen LogP contribution is 2.28. The summed E-state index contributed by atoms with van der Waals surface area (Å²) in [6, 6.07) is 18.7. The van der Waals surface area contributed by atoms with Crippen molar-refractivity contribution in [1.82, 2.24) is 15.8 Å². The number of rotatable bonds is 8. The standard InChI is InChI=1S/C28H30N4O4/c1-17(2)30-28(34)31-23-11-9-20(10-12-23)15-29-27(33)24-13-21-7-5-6-8-22(21)14-26(24)35-16-25-18(3)32-36-19(25)4/h5-14,17H,15-16H2,1-4H3,(H,29,33)(H2,30,31,34). The van der Waals surface area contributed by atoms with E-state index in [1.54, 1.807) is 12.1 Å². The minimum atomic E-state index is -0.258. The fourth-order valence-corrected chi connectivity index (χ4v) is 3.79. The number of anilines is 1. The van der Waals surface area contributed by atoms with E-state index >= 15 is 0 Å². The Morgan fingerprint density at radius 1 is 1.00 bits per heavy atom. The predicted octanol–water partition coefficient (Wildman–Crippen LogP) is 5.48. The number of fused-ring (bicyclic) bond motifs is 1. The number of ether oxygens (including phenoxy) is 1. The van der Waals surface area contributed by atoms with Gasteiger partial charge in [0.05, 0.1) is 16.8 Å². The number of benzene rings is 3. The van der Waals surface area contributed by atoms with Crippen molar-refractivity contribution in [3.05, 3.63) is 88.8 Å². The Labute approximate surface area is 210 Å². The van der Waals surface area contributed by atoms with Crippen molar-refractivity contribution >= 4 is 28.4 Å². The summed E-state index contributed by atoms with van der Waals surface area (Å²) < 4.78 is 11.3. The molecule has 0 saturated heterocycles. The molecule has 0 aliphatic heterocycles. The van der Waals surface area contributed by atoms with Gasteiger partial charge < -0.3 is 25.2 Å². The molecule has 8 heteroatoms. The lowest BCUT2D eigenvalue weighted by Gasteiger charge is -2.14. The molecule has 3 amide bonds. The minimum Gasteiger partial charge on any atom is -0.488 e. The van der Waals surface area contributed by atoms with Gasteiger partial charge >= 0.3 is 6.03 Å². The fourth-order valence-electron chi connectivity index (χ4n) is 3.79. The second-order valence-corrected chi connectivity index (χ2v) is 8.92. The molecule has 0 aliphatic carbocycles. The van der Waals surface area contributed by atoms with Crippen LogP contribution in [0.2, 0.25) is 0 Å². The number of urea groups is 1. The molecule has 1 aromatic heterocycles. The molecule has 4 aromatic rings. The van der Waals surface area contributed by atoms with E-state index in [-0.39, 0.29) is 24.6 Å². The first-order valence-electron chi connectivity index (χ1n) is 11.8. The summed E-state index contributed by atoms with van der Waals surface area (Å²) in [6.45, 7) is 8.07. The van der Waals surface area contributed by atoms with Gasteiger partial charge in [0.25, 0.3) is 5.91 Å². The van der Waals surface area contributed by atoms with E-state index in [9.17, 15) is 9.59 Å². The van der Waals surface area contributed by atoms with Crippen molar-refractivity contribution in [2.24, 2.45) is 0 Å². The Kier molecular flexibility index (Phi) is 7.53. The summed E-state index contributed by atoms with van der Waals surface area (Å²) in [7, 11) is 0. The van der Waals surface area contributed by atoms with Crippen molar-refractivity contribution in [2.45, 2.75) is 46.9 Å². The second kappa shape index (κ2) is 10.9. The smallest absolute Gasteiger partial charge is 0.319 e. The SMILES string of the molecule is Cc1noc(C)c1COc1cc2ccccc2cc1C(=O)NCc1ccc(NC(=O)NC(C)C)cc1. The van der Waals surface area contributed by atoms with E-state index in [2.05, 4.69) is 21.1 Å². The highest BCUT2D eigenvalue weighted by molar-refractivity contribution is 6.01. The first kappa shape index (κ1) is 24.8. The van der Waals surface area contributed by atoms with Crippen LogP contribution in [0.5, 0.6) is 5.75 Å². The predicted molar refractivity (Wildman–Crippen MR) is 139 cm³/mol. The number of nitrogens with zero attached hydrogens (tertiary/aromatic N) is 1. The zero-order chi connectivity index (χ0) is 25.7. The molecule has 186 valence electrons. The zero-order valence-corrected chi connectivity index (χ0v) is 20.8. The van der Waals surface area contributed by atoms with Crippen LogP contribution in [-0.4, -0.2) is 23.1 Å². The molecule has 36 heavy (non-hydrogen) atoms. The van der Waals surface area contributed by atoms with Crippen LogP contribution >= 0.6 is 0 Å². The van der Waals surface area contributed by atoms with Crippen LogP contribution < -0.4 is 20.7 Å². The average molecular weight is 487 g/mol. The Balaban J connectivity index is 1.47. The van der Waals surface area contributed by atoms with E-state index in [0.717, 1.165) is 27.6 Å². The van der Waals surface area contributed by atoms with Crippen molar-refractivity contribution in [1.29, 1.82) is 0 Å². The van der Waals surface area contributed by atoms with Crippen LogP contribution in [0.15, 0.2) is 65.2 Å². The van der Waals surface area contributed by atoms with Gasteiger partial charge in [-0.05, 0) is 68.3 Å². The molecule has 0 radical (unpaired) electrons. The zero-order valence-electron chi connectivity index (χ0n) is 20.8. The number of carbonyl (C=O) groups is 2. The topological polar surface area (TPSA) is 105 Å². The van der Waals surface area contributed by atoms with E-state index in [4.69, 9.17) is 9.26 Å². The highest BCUT2D eigenvalue weighted by Gasteiger charge is 2.17. The number of carbonyl (C=O) groups excluding carboxylic acids is 2. The largest absolute Gasteiger partial charge is 0.488 e. The minimum absolute atomic E-state index is 0.0489. The first-order chi connectivity index (χ1) is 17.3. The van der Waals surface area contributed by atoms with Gasteiger partial charge in [0.2, 0.25) is 0 Å². The van der Waals surface area contributed by atoms with Crippen molar-refractivity contribution < 1.29 is 18.8 Å². The van der Waals surface area contributed by atoms with Crippen molar-refractivity contribution in [3.63, 3.8) is 0 Å². The van der Waals surface area contributed by atoms with Crippen LogP contribution in [0.4, 0.5) is 10.5 Å². The summed E-state index contributed by atoms with van der Waals surface area (Å²) in [5, 5.41) is 14.4. The van der Waals surface area contributed by atoms with Crippen molar-refractivity contribution in [3.8, 4) is 5.75 Å². The fraction of sp³-hybridized carbons (Fsp3) is 0.250. The molecule has 0 spiro atoms. The third kappa shape index (κ3) is 6.02. The van der Waals surface area contributed by atoms with Gasteiger partial charge in [-0.15, -0.1) is 0 Å². The second-order valence-electron chi connectivity index (χ2n) is 8.92. The first-order valence-corrected chi connectivity index (χ1v) is 11.8. The van der Waals surface area contributed by atoms with Gasteiger partial charge in [-0.3, -0.25) is 4.79 Å². The summed E-state index contributed by atoms with van der Waals surface area (Å²) in [5.74, 6) is 0.939. The molecule has 1 heterocycles. The van der Waals surface area contributed by atoms with Gasteiger partial charge in [0, 0.05) is 18.3 Å². The highest BCUT2D eigenvalue weighted by atomic mass is 16.5. The summed E-state index contributed by atoms with van der Waals surface area (Å²) >= 11 is 0. The molecule has 0 fully saturated rings. The maximum atomic E-state index is 13.2. The van der Waals surface area contributed by atoms with Crippen molar-refractivity contribution in [2.75, 3.05) is 5.32 Å². The van der Waals surface area contributed by atoms with Gasteiger partial charge in [0.1, 0.15) is 18.1 Å². The number of nitrogens with one attached hydrogen (secondary N) is 3. The van der Waals surface area contributed by atoms with Gasteiger partial charge in [-0.2, -0.15) is 0 Å².